The maximum Gasteiger partial charge on any atom is 0.409 e. The highest BCUT2D eigenvalue weighted by Crippen LogP contribution is 2.31. The molecule has 2 aromatic carbocycles. The van der Waals surface area contributed by atoms with Crippen LogP contribution in [0.15, 0.2) is 54.7 Å². The Bertz CT molecular complexity index is 1180. The molecule has 1 aromatic heterocycles. The number of hydrogen-bond acceptors (Lipinski definition) is 6. The number of carbonyl (C=O) groups excluding carboxylic acids is 1. The van der Waals surface area contributed by atoms with E-state index in [1.165, 1.54) is 0 Å². The van der Waals surface area contributed by atoms with Crippen molar-refractivity contribution in [2.45, 2.75) is 18.7 Å². The van der Waals surface area contributed by atoms with Crippen molar-refractivity contribution in [1.29, 1.82) is 0 Å². The highest BCUT2D eigenvalue weighted by atomic mass is 35.5. The van der Waals surface area contributed by atoms with Crippen LogP contribution in [0.1, 0.15) is 13.3 Å². The number of aromatic nitrogens is 2. The first-order valence-corrected chi connectivity index (χ1v) is 13.4. The molecule has 7 nitrogen and oxygen atoms in total. The molecule has 2 heterocycles. The number of amides is 1. The number of benzene rings is 2. The molecule has 0 N–H and O–H groups in total. The topological polar surface area (TPSA) is 67.8 Å². The summed E-state index contributed by atoms with van der Waals surface area (Å²) in [5, 5.41) is 1.10. The number of carbonyl (C=O) groups is 1. The van der Waals surface area contributed by atoms with Gasteiger partial charge in [0.1, 0.15) is 18.9 Å². The van der Waals surface area contributed by atoms with Gasteiger partial charge in [-0.25, -0.2) is 14.8 Å². The van der Waals surface area contributed by atoms with Crippen molar-refractivity contribution in [2.24, 2.45) is 0 Å². The Morgan fingerprint density at radius 3 is 2.24 bits per heavy atom. The third-order valence-corrected chi connectivity index (χ3v) is 6.56. The van der Waals surface area contributed by atoms with Crippen LogP contribution in [0, 0.1) is 0 Å². The summed E-state index contributed by atoms with van der Waals surface area (Å²) in [6.07, 6.45) is 2.19. The molecule has 3 aromatic rings. The van der Waals surface area contributed by atoms with E-state index in [-0.39, 0.29) is 18.1 Å². The molecule has 1 atom stereocenters. The SMILES string of the molecule is CC(Cl)COC(=O)N1CCCN(CCOc2cnc(-c3ccc(Cl)cc3)c(-c3ccc(Cl)cc3)n2)CC1. The van der Waals surface area contributed by atoms with Crippen molar-refractivity contribution in [3.8, 4) is 28.4 Å². The minimum absolute atomic E-state index is 0.201. The largest absolute Gasteiger partial charge is 0.475 e. The first-order chi connectivity index (χ1) is 17.9. The van der Waals surface area contributed by atoms with Crippen LogP contribution in [0.25, 0.3) is 22.5 Å². The number of halogens is 3. The van der Waals surface area contributed by atoms with Crippen molar-refractivity contribution < 1.29 is 14.3 Å². The lowest BCUT2D eigenvalue weighted by molar-refractivity contribution is 0.104. The molecule has 1 aliphatic heterocycles. The van der Waals surface area contributed by atoms with Gasteiger partial charge in [-0.1, -0.05) is 47.5 Å². The number of ether oxygens (including phenoxy) is 2. The van der Waals surface area contributed by atoms with E-state index in [0.717, 1.165) is 36.3 Å². The lowest BCUT2D eigenvalue weighted by Crippen LogP contribution is -2.37. The van der Waals surface area contributed by atoms with Crippen LogP contribution in [-0.2, 0) is 4.74 Å². The molecule has 4 rings (SSSR count). The highest BCUT2D eigenvalue weighted by molar-refractivity contribution is 6.31. The van der Waals surface area contributed by atoms with Gasteiger partial charge < -0.3 is 14.4 Å². The molecule has 196 valence electrons. The zero-order chi connectivity index (χ0) is 26.2. The zero-order valence-electron chi connectivity index (χ0n) is 20.6. The predicted molar refractivity (Wildman–Crippen MR) is 148 cm³/mol. The Morgan fingerprint density at radius 1 is 0.946 bits per heavy atom. The summed E-state index contributed by atoms with van der Waals surface area (Å²) < 4.78 is 11.3. The first-order valence-electron chi connectivity index (χ1n) is 12.2. The van der Waals surface area contributed by atoms with E-state index in [2.05, 4.69) is 9.88 Å². The molecule has 0 aliphatic carbocycles. The van der Waals surface area contributed by atoms with E-state index in [9.17, 15) is 4.79 Å². The number of nitrogens with zero attached hydrogens (tertiary/aromatic N) is 4. The van der Waals surface area contributed by atoms with E-state index in [0.29, 0.717) is 47.9 Å². The Balaban J connectivity index is 1.39. The monoisotopic (exact) mass is 562 g/mol. The third-order valence-electron chi connectivity index (χ3n) is 5.93. The van der Waals surface area contributed by atoms with Gasteiger partial charge >= 0.3 is 6.09 Å². The number of alkyl halides is 1. The van der Waals surface area contributed by atoms with Crippen LogP contribution >= 0.6 is 34.8 Å². The van der Waals surface area contributed by atoms with E-state index in [4.69, 9.17) is 49.3 Å². The molecular formula is C27H29Cl3N4O3. The molecule has 1 unspecified atom stereocenters. The van der Waals surface area contributed by atoms with E-state index >= 15 is 0 Å². The average molecular weight is 564 g/mol. The van der Waals surface area contributed by atoms with Gasteiger partial charge in [0.25, 0.3) is 0 Å². The minimum atomic E-state index is -0.309. The molecule has 0 spiro atoms. The smallest absolute Gasteiger partial charge is 0.409 e. The molecule has 0 radical (unpaired) electrons. The van der Waals surface area contributed by atoms with E-state index < -0.39 is 0 Å². The Hall–Kier alpha value is -2.58. The van der Waals surface area contributed by atoms with Crippen molar-refractivity contribution in [3.63, 3.8) is 0 Å². The van der Waals surface area contributed by atoms with Crippen LogP contribution in [-0.4, -0.2) is 77.2 Å². The van der Waals surface area contributed by atoms with Gasteiger partial charge in [-0.05, 0) is 37.6 Å². The van der Waals surface area contributed by atoms with Gasteiger partial charge in [0.15, 0.2) is 0 Å². The van der Waals surface area contributed by atoms with Crippen molar-refractivity contribution in [3.05, 3.63) is 64.8 Å². The van der Waals surface area contributed by atoms with E-state index in [1.807, 2.05) is 48.5 Å². The van der Waals surface area contributed by atoms with Gasteiger partial charge in [-0.2, -0.15) is 0 Å². The summed E-state index contributed by atoms with van der Waals surface area (Å²) in [6.45, 7) is 6.04. The van der Waals surface area contributed by atoms with Crippen LogP contribution in [0.5, 0.6) is 5.88 Å². The highest BCUT2D eigenvalue weighted by Gasteiger charge is 2.21. The standard InChI is InChI=1S/C27H29Cl3N4O3/c1-19(28)18-37-27(35)34-12-2-11-33(13-14-34)15-16-36-24-17-31-25(20-3-7-22(29)8-4-20)26(32-24)21-5-9-23(30)10-6-21/h3-10,17,19H,2,11-16,18H2,1H3. The summed E-state index contributed by atoms with van der Waals surface area (Å²) in [4.78, 5) is 25.7. The van der Waals surface area contributed by atoms with Gasteiger partial charge in [0.05, 0.1) is 17.3 Å². The van der Waals surface area contributed by atoms with Gasteiger partial charge in [0, 0.05) is 53.9 Å². The van der Waals surface area contributed by atoms with Crippen LogP contribution < -0.4 is 4.74 Å². The molecule has 37 heavy (non-hydrogen) atoms. The minimum Gasteiger partial charge on any atom is -0.475 e. The molecular weight excluding hydrogens is 535 g/mol. The molecule has 1 aliphatic rings. The molecule has 0 bridgehead atoms. The average Bonchev–Trinajstić information content (AvgIpc) is 3.14. The third kappa shape index (κ3) is 7.95. The van der Waals surface area contributed by atoms with Gasteiger partial charge in [-0.3, -0.25) is 4.90 Å². The van der Waals surface area contributed by atoms with Gasteiger partial charge in [-0.15, -0.1) is 11.6 Å². The fourth-order valence-electron chi connectivity index (χ4n) is 4.00. The van der Waals surface area contributed by atoms with E-state index in [1.54, 1.807) is 18.0 Å². The fourth-order valence-corrected chi connectivity index (χ4v) is 4.32. The van der Waals surface area contributed by atoms with Crippen LogP contribution in [0.3, 0.4) is 0 Å². The summed E-state index contributed by atoms with van der Waals surface area (Å²) in [7, 11) is 0. The molecule has 10 heteroatoms. The number of rotatable bonds is 8. The maximum atomic E-state index is 12.2. The maximum absolute atomic E-state index is 12.2. The second-order valence-corrected chi connectivity index (χ2v) is 10.4. The lowest BCUT2D eigenvalue weighted by atomic mass is 10.0. The summed E-state index contributed by atoms with van der Waals surface area (Å²) in [5.41, 5.74) is 3.22. The summed E-state index contributed by atoms with van der Waals surface area (Å²) in [6, 6.07) is 15.0. The van der Waals surface area contributed by atoms with Crippen molar-refractivity contribution in [1.82, 2.24) is 19.8 Å². The zero-order valence-corrected chi connectivity index (χ0v) is 22.8. The predicted octanol–water partition coefficient (Wildman–Crippen LogP) is 6.27. The fraction of sp³-hybridized carbons (Fsp3) is 0.370. The Morgan fingerprint density at radius 2 is 1.59 bits per heavy atom. The lowest BCUT2D eigenvalue weighted by Gasteiger charge is -2.22. The van der Waals surface area contributed by atoms with Crippen molar-refractivity contribution in [2.75, 3.05) is 45.9 Å². The van der Waals surface area contributed by atoms with Gasteiger partial charge in [0.2, 0.25) is 5.88 Å². The Kier molecular flexibility index (Phi) is 9.86. The second kappa shape index (κ2) is 13.3. The second-order valence-electron chi connectivity index (χ2n) is 8.81. The molecule has 0 saturated carbocycles. The normalized spacial score (nSPS) is 15.2. The molecule has 1 fully saturated rings. The van der Waals surface area contributed by atoms with Crippen LogP contribution in [0.4, 0.5) is 4.79 Å². The Labute approximate surface area is 232 Å². The molecule has 1 saturated heterocycles. The van der Waals surface area contributed by atoms with Crippen LogP contribution in [0.2, 0.25) is 10.0 Å². The number of hydrogen-bond donors (Lipinski definition) is 0. The quantitative estimate of drug-likeness (QED) is 0.301. The summed E-state index contributed by atoms with van der Waals surface area (Å²) in [5.74, 6) is 0.442. The molecule has 1 amide bonds. The summed E-state index contributed by atoms with van der Waals surface area (Å²) >= 11 is 18.1. The van der Waals surface area contributed by atoms with Crippen molar-refractivity contribution >= 4 is 40.9 Å². The first kappa shape index (κ1) is 27.5.